The summed E-state index contributed by atoms with van der Waals surface area (Å²) in [5.41, 5.74) is 4.75. The zero-order valence-electron chi connectivity index (χ0n) is 6.48. The average molecular weight is 188 g/mol. The molecule has 0 aromatic heterocycles. The first-order valence-electron chi connectivity index (χ1n) is 3.34. The Kier molecular flexibility index (Phi) is 2.33. The highest BCUT2D eigenvalue weighted by Gasteiger charge is 2.38. The lowest BCUT2D eigenvalue weighted by Crippen LogP contribution is -2.50. The number of aliphatic hydroxyl groups excluding tert-OH is 1. The van der Waals surface area contributed by atoms with E-state index in [4.69, 9.17) is 10.8 Å². The van der Waals surface area contributed by atoms with Crippen molar-refractivity contribution in [3.05, 3.63) is 0 Å². The molecule has 1 rings (SSSR count). The van der Waals surface area contributed by atoms with Crippen LogP contribution in [0.1, 0.15) is 0 Å². The Morgan fingerprint density at radius 3 is 2.77 bits per heavy atom. The van der Waals surface area contributed by atoms with Gasteiger partial charge in [-0.25, -0.2) is 9.59 Å². The van der Waals surface area contributed by atoms with E-state index in [1.807, 2.05) is 10.6 Å². The van der Waals surface area contributed by atoms with E-state index >= 15 is 0 Å². The second-order valence-electron chi connectivity index (χ2n) is 2.32. The number of aliphatic hydroxyl groups is 1. The number of rotatable bonds is 2. The van der Waals surface area contributed by atoms with Gasteiger partial charge in [-0.1, -0.05) is 0 Å². The summed E-state index contributed by atoms with van der Waals surface area (Å²) >= 11 is 0. The lowest BCUT2D eigenvalue weighted by atomic mass is 10.4. The van der Waals surface area contributed by atoms with Crippen LogP contribution in [0, 0.1) is 0 Å². The number of hydrogen-bond acceptors (Lipinski definition) is 4. The molecule has 0 aromatic rings. The summed E-state index contributed by atoms with van der Waals surface area (Å²) in [7, 11) is 0. The fourth-order valence-electron chi connectivity index (χ4n) is 0.928. The largest absolute Gasteiger partial charge is 0.376 e. The fraction of sp³-hybridized carbons (Fsp3) is 0.400. The van der Waals surface area contributed by atoms with Crippen molar-refractivity contribution in [2.75, 3.05) is 6.73 Å². The van der Waals surface area contributed by atoms with Crippen molar-refractivity contribution in [3.8, 4) is 0 Å². The lowest BCUT2D eigenvalue weighted by molar-refractivity contribution is -0.122. The number of amides is 5. The Labute approximate surface area is 72.7 Å². The quantitative estimate of drug-likeness (QED) is 0.357. The van der Waals surface area contributed by atoms with E-state index in [-0.39, 0.29) is 0 Å². The minimum absolute atomic E-state index is 0.678. The molecule has 0 bridgehead atoms. The van der Waals surface area contributed by atoms with Crippen LogP contribution in [0.15, 0.2) is 0 Å². The maximum atomic E-state index is 10.9. The Morgan fingerprint density at radius 2 is 2.31 bits per heavy atom. The zero-order valence-corrected chi connectivity index (χ0v) is 6.48. The van der Waals surface area contributed by atoms with Gasteiger partial charge in [-0.2, -0.15) is 0 Å². The minimum atomic E-state index is -1.23. The summed E-state index contributed by atoms with van der Waals surface area (Å²) in [6, 6.07) is -1.72. The van der Waals surface area contributed by atoms with Crippen molar-refractivity contribution >= 4 is 18.0 Å². The molecule has 0 radical (unpaired) electrons. The molecule has 13 heavy (non-hydrogen) atoms. The van der Waals surface area contributed by atoms with Gasteiger partial charge in [0.1, 0.15) is 6.73 Å². The van der Waals surface area contributed by atoms with E-state index in [9.17, 15) is 14.4 Å². The highest BCUT2D eigenvalue weighted by Crippen LogP contribution is 2.03. The van der Waals surface area contributed by atoms with Gasteiger partial charge in [0.05, 0.1) is 0 Å². The van der Waals surface area contributed by atoms with Crippen LogP contribution in [0.25, 0.3) is 0 Å². The molecule has 1 saturated heterocycles. The maximum Gasteiger partial charge on any atom is 0.328 e. The van der Waals surface area contributed by atoms with Crippen molar-refractivity contribution in [3.63, 3.8) is 0 Å². The first-order chi connectivity index (χ1) is 6.06. The van der Waals surface area contributed by atoms with Crippen LogP contribution in [0.3, 0.4) is 0 Å². The number of nitrogens with two attached hydrogens (primary N) is 1. The molecule has 0 aliphatic carbocycles. The first-order valence-corrected chi connectivity index (χ1v) is 3.34. The van der Waals surface area contributed by atoms with E-state index < -0.39 is 30.9 Å². The van der Waals surface area contributed by atoms with Gasteiger partial charge < -0.3 is 16.2 Å². The molecule has 0 aromatic carbocycles. The van der Waals surface area contributed by atoms with Crippen molar-refractivity contribution in [1.29, 1.82) is 0 Å². The van der Waals surface area contributed by atoms with Crippen LogP contribution < -0.4 is 16.4 Å². The Bertz CT molecular complexity index is 265. The highest BCUT2D eigenvalue weighted by molar-refractivity contribution is 6.05. The number of imide groups is 1. The number of nitrogens with zero attached hydrogens (tertiary/aromatic N) is 1. The Balaban J connectivity index is 2.74. The van der Waals surface area contributed by atoms with Gasteiger partial charge in [0.25, 0.3) is 5.91 Å². The van der Waals surface area contributed by atoms with E-state index in [0.29, 0.717) is 0 Å². The molecule has 1 heterocycles. The van der Waals surface area contributed by atoms with Crippen LogP contribution in [0.2, 0.25) is 0 Å². The van der Waals surface area contributed by atoms with Crippen LogP contribution in [-0.4, -0.2) is 40.9 Å². The monoisotopic (exact) mass is 188 g/mol. The molecule has 8 heteroatoms. The number of hydrogen-bond donors (Lipinski definition) is 4. The predicted octanol–water partition coefficient (Wildman–Crippen LogP) is -2.52. The molecule has 1 atom stereocenters. The van der Waals surface area contributed by atoms with E-state index in [1.54, 1.807) is 0 Å². The minimum Gasteiger partial charge on any atom is -0.376 e. The molecule has 5 N–H and O–H groups in total. The molecule has 1 aliphatic rings. The molecule has 72 valence electrons. The third-order valence-corrected chi connectivity index (χ3v) is 1.48. The van der Waals surface area contributed by atoms with Crippen LogP contribution in [-0.2, 0) is 4.79 Å². The smallest absolute Gasteiger partial charge is 0.328 e. The molecule has 1 aliphatic heterocycles. The molecule has 8 nitrogen and oxygen atoms in total. The summed E-state index contributed by atoms with van der Waals surface area (Å²) in [5.74, 6) is -0.724. The second-order valence-corrected chi connectivity index (χ2v) is 2.32. The van der Waals surface area contributed by atoms with Gasteiger partial charge in [-0.15, -0.1) is 0 Å². The summed E-state index contributed by atoms with van der Waals surface area (Å²) in [6.45, 7) is -0.678. The fourth-order valence-corrected chi connectivity index (χ4v) is 0.928. The van der Waals surface area contributed by atoms with E-state index in [2.05, 4.69) is 0 Å². The third-order valence-electron chi connectivity index (χ3n) is 1.48. The Morgan fingerprint density at radius 1 is 1.69 bits per heavy atom. The molecule has 1 unspecified atom stereocenters. The van der Waals surface area contributed by atoms with Gasteiger partial charge in [0.15, 0.2) is 6.17 Å². The summed E-state index contributed by atoms with van der Waals surface area (Å²) < 4.78 is 0. The van der Waals surface area contributed by atoms with Gasteiger partial charge >= 0.3 is 12.1 Å². The van der Waals surface area contributed by atoms with Crippen LogP contribution in [0.4, 0.5) is 9.59 Å². The van der Waals surface area contributed by atoms with Crippen LogP contribution in [0.5, 0.6) is 0 Å². The van der Waals surface area contributed by atoms with Gasteiger partial charge in [0, 0.05) is 0 Å². The third kappa shape index (κ3) is 1.67. The topological polar surface area (TPSA) is 125 Å². The van der Waals surface area contributed by atoms with Gasteiger partial charge in [0.2, 0.25) is 0 Å². The average Bonchev–Trinajstić information content (AvgIpc) is 2.26. The highest BCUT2D eigenvalue weighted by atomic mass is 16.3. The maximum absolute atomic E-state index is 10.9. The Hall–Kier alpha value is -1.83. The normalized spacial score (nSPS) is 21.6. The van der Waals surface area contributed by atoms with Crippen molar-refractivity contribution in [2.24, 2.45) is 5.73 Å². The number of urea groups is 2. The lowest BCUT2D eigenvalue weighted by Gasteiger charge is -2.18. The molecular weight excluding hydrogens is 180 g/mol. The first kappa shape index (κ1) is 9.26. The van der Waals surface area contributed by atoms with Gasteiger partial charge in [-0.05, 0) is 0 Å². The number of nitrogens with one attached hydrogen (secondary N) is 2. The predicted molar refractivity (Wildman–Crippen MR) is 39.0 cm³/mol. The summed E-state index contributed by atoms with van der Waals surface area (Å²) in [5, 5.41) is 12.5. The molecular formula is C5H8N4O4. The van der Waals surface area contributed by atoms with Gasteiger partial charge in [-0.3, -0.25) is 15.0 Å². The number of primary amides is 1. The van der Waals surface area contributed by atoms with Crippen LogP contribution >= 0.6 is 0 Å². The van der Waals surface area contributed by atoms with Crippen molar-refractivity contribution in [1.82, 2.24) is 15.5 Å². The molecule has 0 spiro atoms. The van der Waals surface area contributed by atoms with Crippen molar-refractivity contribution in [2.45, 2.75) is 6.17 Å². The SMILES string of the molecule is NC(=O)NC1C(=O)NC(=O)N1CO. The van der Waals surface area contributed by atoms with Crippen molar-refractivity contribution < 1.29 is 19.5 Å². The molecule has 5 amide bonds. The van der Waals surface area contributed by atoms with E-state index in [1.165, 1.54) is 0 Å². The molecule has 1 fully saturated rings. The zero-order chi connectivity index (χ0) is 10.0. The number of carbonyl (C=O) groups is 3. The summed E-state index contributed by atoms with van der Waals surface area (Å²) in [6.07, 6.45) is -1.23. The standard InChI is InChI=1S/C5H8N4O4/c6-4(12)7-2-3(11)8-5(13)9(2)1-10/h2,10H,1H2,(H3,6,7,12)(H,8,11,13). The van der Waals surface area contributed by atoms with E-state index in [0.717, 1.165) is 4.90 Å². The molecule has 0 saturated carbocycles. The second kappa shape index (κ2) is 3.27. The summed E-state index contributed by atoms with van der Waals surface area (Å²) in [4.78, 5) is 32.9. The number of carbonyl (C=O) groups excluding carboxylic acids is 3.